The van der Waals surface area contributed by atoms with Crippen molar-refractivity contribution < 1.29 is 17.9 Å². The van der Waals surface area contributed by atoms with Crippen molar-refractivity contribution in [3.63, 3.8) is 0 Å². The molecule has 0 radical (unpaired) electrons. The molecule has 1 saturated heterocycles. The summed E-state index contributed by atoms with van der Waals surface area (Å²) in [5.41, 5.74) is 0.843. The number of fused-ring (bicyclic) bond motifs is 1. The first kappa shape index (κ1) is 22.6. The molecule has 2 aliphatic rings. The van der Waals surface area contributed by atoms with Crippen LogP contribution in [0.25, 0.3) is 11.0 Å². The van der Waals surface area contributed by atoms with E-state index in [9.17, 15) is 18.0 Å². The average molecular weight is 473 g/mol. The zero-order valence-corrected chi connectivity index (χ0v) is 19.0. The second kappa shape index (κ2) is 8.57. The van der Waals surface area contributed by atoms with Crippen LogP contribution in [0.15, 0.2) is 35.1 Å². The number of nitrogens with zero attached hydrogens (tertiary/aromatic N) is 4. The number of hydrogen-bond donors (Lipinski definition) is 1. The number of aryl methyl sites for hydroxylation is 1. The zero-order chi connectivity index (χ0) is 24.0. The predicted octanol–water partition coefficient (Wildman–Crippen LogP) is 4.46. The maximum atomic E-state index is 13.5. The summed E-state index contributed by atoms with van der Waals surface area (Å²) in [6, 6.07) is 6.72. The van der Waals surface area contributed by atoms with Gasteiger partial charge in [0.15, 0.2) is 0 Å². The molecule has 3 aromatic rings. The number of morpholine rings is 1. The Labute approximate surface area is 194 Å². The molecular formula is C24H26F3N5O2. The standard InChI is InChI=1S/C24H26F3N5O2/c1-14(16-4-3-5-17(12-16)24(25,26)27)28-21-19-13-20(31-8-10-34-11-9-31)23(33)32(18-6-7-18)22(19)30-15(2)29-21/h3-5,12-14,18H,6-11H2,1-2H3,(H,28,29,30)/t14-/m1/s1. The highest BCUT2D eigenvalue weighted by Crippen LogP contribution is 2.38. The van der Waals surface area contributed by atoms with E-state index in [4.69, 9.17) is 4.74 Å². The third-order valence-corrected chi connectivity index (χ3v) is 6.32. The van der Waals surface area contributed by atoms with E-state index >= 15 is 0 Å². The minimum absolute atomic E-state index is 0.0770. The van der Waals surface area contributed by atoms with Crippen LogP contribution in [0, 0.1) is 6.92 Å². The van der Waals surface area contributed by atoms with E-state index in [1.54, 1.807) is 24.5 Å². The smallest absolute Gasteiger partial charge is 0.378 e. The highest BCUT2D eigenvalue weighted by Gasteiger charge is 2.32. The number of pyridine rings is 1. The molecule has 7 nitrogen and oxygen atoms in total. The van der Waals surface area contributed by atoms with Crippen molar-refractivity contribution in [3.05, 3.63) is 57.6 Å². The van der Waals surface area contributed by atoms with Gasteiger partial charge in [-0.1, -0.05) is 12.1 Å². The number of ether oxygens (including phenoxy) is 1. The SMILES string of the molecule is Cc1nc(N[C@H](C)c2cccc(C(F)(F)F)c2)c2cc(N3CCOCC3)c(=O)n(C3CC3)c2n1. The van der Waals surface area contributed by atoms with Crippen LogP contribution < -0.4 is 15.8 Å². The molecule has 0 spiro atoms. The molecule has 0 bridgehead atoms. The van der Waals surface area contributed by atoms with Crippen molar-refractivity contribution in [1.29, 1.82) is 0 Å². The van der Waals surface area contributed by atoms with Gasteiger partial charge in [0.25, 0.3) is 5.56 Å². The number of rotatable bonds is 5. The Bertz CT molecular complexity index is 1280. The van der Waals surface area contributed by atoms with Crippen LogP contribution >= 0.6 is 0 Å². The fourth-order valence-corrected chi connectivity index (χ4v) is 4.39. The van der Waals surface area contributed by atoms with Gasteiger partial charge in [-0.05, 0) is 50.5 Å². The van der Waals surface area contributed by atoms with E-state index in [0.29, 0.717) is 60.2 Å². The predicted molar refractivity (Wildman–Crippen MR) is 123 cm³/mol. The molecule has 1 N–H and O–H groups in total. The lowest BCUT2D eigenvalue weighted by molar-refractivity contribution is -0.137. The number of nitrogens with one attached hydrogen (secondary N) is 1. The van der Waals surface area contributed by atoms with E-state index in [1.807, 2.05) is 11.0 Å². The van der Waals surface area contributed by atoms with Crippen LogP contribution in [0.1, 0.15) is 48.8 Å². The lowest BCUT2D eigenvalue weighted by Gasteiger charge is -2.29. The van der Waals surface area contributed by atoms with Gasteiger partial charge in [-0.25, -0.2) is 9.97 Å². The normalized spacial score (nSPS) is 17.7. The molecule has 2 aromatic heterocycles. The van der Waals surface area contributed by atoms with Gasteiger partial charge in [0, 0.05) is 25.2 Å². The number of halogens is 3. The third kappa shape index (κ3) is 4.34. The summed E-state index contributed by atoms with van der Waals surface area (Å²) in [5.74, 6) is 0.982. The second-order valence-electron chi connectivity index (χ2n) is 8.88. The number of aromatic nitrogens is 3. The van der Waals surface area contributed by atoms with Gasteiger partial charge in [-0.15, -0.1) is 0 Å². The van der Waals surface area contributed by atoms with E-state index < -0.39 is 17.8 Å². The second-order valence-corrected chi connectivity index (χ2v) is 8.88. The lowest BCUT2D eigenvalue weighted by Crippen LogP contribution is -2.40. The molecule has 1 aromatic carbocycles. The van der Waals surface area contributed by atoms with Crippen molar-refractivity contribution in [1.82, 2.24) is 14.5 Å². The Morgan fingerprint density at radius 1 is 1.15 bits per heavy atom. The van der Waals surface area contributed by atoms with Crippen molar-refractivity contribution in [3.8, 4) is 0 Å². The molecule has 1 aliphatic carbocycles. The molecule has 1 aliphatic heterocycles. The van der Waals surface area contributed by atoms with Crippen LogP contribution in [0.4, 0.5) is 24.7 Å². The Morgan fingerprint density at radius 2 is 1.88 bits per heavy atom. The van der Waals surface area contributed by atoms with Crippen LogP contribution in [0.2, 0.25) is 0 Å². The number of anilines is 2. The Kier molecular flexibility index (Phi) is 5.71. The molecule has 10 heteroatoms. The van der Waals surface area contributed by atoms with E-state index in [0.717, 1.165) is 25.0 Å². The fraction of sp³-hybridized carbons (Fsp3) is 0.458. The van der Waals surface area contributed by atoms with Gasteiger partial charge < -0.3 is 15.0 Å². The zero-order valence-electron chi connectivity index (χ0n) is 19.0. The quantitative estimate of drug-likeness (QED) is 0.590. The summed E-state index contributed by atoms with van der Waals surface area (Å²) in [7, 11) is 0. The van der Waals surface area contributed by atoms with Crippen molar-refractivity contribution in [2.75, 3.05) is 36.5 Å². The van der Waals surface area contributed by atoms with Crippen LogP contribution in [0.5, 0.6) is 0 Å². The lowest BCUT2D eigenvalue weighted by atomic mass is 10.0. The number of alkyl halides is 3. The van der Waals surface area contributed by atoms with Crippen molar-refractivity contribution in [2.45, 2.75) is 44.9 Å². The summed E-state index contributed by atoms with van der Waals surface area (Å²) in [6.07, 6.45) is -2.59. The molecular weight excluding hydrogens is 447 g/mol. The first-order valence-electron chi connectivity index (χ1n) is 11.4. The monoisotopic (exact) mass is 473 g/mol. The summed E-state index contributed by atoms with van der Waals surface area (Å²) < 4.78 is 46.9. The third-order valence-electron chi connectivity index (χ3n) is 6.32. The van der Waals surface area contributed by atoms with Crippen molar-refractivity contribution in [2.24, 2.45) is 0 Å². The summed E-state index contributed by atoms with van der Waals surface area (Å²) >= 11 is 0. The summed E-state index contributed by atoms with van der Waals surface area (Å²) in [6.45, 7) is 5.85. The highest BCUT2D eigenvalue weighted by atomic mass is 19.4. The van der Waals surface area contributed by atoms with Crippen molar-refractivity contribution >= 4 is 22.5 Å². The van der Waals surface area contributed by atoms with Gasteiger partial charge in [-0.2, -0.15) is 13.2 Å². The number of hydrogen-bond acceptors (Lipinski definition) is 6. The number of benzene rings is 1. The maximum absolute atomic E-state index is 13.5. The average Bonchev–Trinajstić information content (AvgIpc) is 3.64. The first-order valence-corrected chi connectivity index (χ1v) is 11.4. The maximum Gasteiger partial charge on any atom is 0.416 e. The first-order chi connectivity index (χ1) is 16.2. The molecule has 180 valence electrons. The van der Waals surface area contributed by atoms with Crippen LogP contribution in [0.3, 0.4) is 0 Å². The molecule has 0 unspecified atom stereocenters. The van der Waals surface area contributed by atoms with Gasteiger partial charge in [-0.3, -0.25) is 9.36 Å². The van der Waals surface area contributed by atoms with Gasteiger partial charge in [0.05, 0.1) is 24.2 Å². The van der Waals surface area contributed by atoms with E-state index in [1.165, 1.54) is 6.07 Å². The molecule has 1 atom stereocenters. The summed E-state index contributed by atoms with van der Waals surface area (Å²) in [5, 5.41) is 3.96. The Hall–Kier alpha value is -3.14. The molecule has 2 fully saturated rings. The molecule has 3 heterocycles. The largest absolute Gasteiger partial charge is 0.416 e. The molecule has 0 amide bonds. The minimum Gasteiger partial charge on any atom is -0.378 e. The fourth-order valence-electron chi connectivity index (χ4n) is 4.39. The highest BCUT2D eigenvalue weighted by molar-refractivity contribution is 5.90. The molecule has 34 heavy (non-hydrogen) atoms. The van der Waals surface area contributed by atoms with Gasteiger partial charge in [0.1, 0.15) is 23.0 Å². The minimum atomic E-state index is -4.42. The van der Waals surface area contributed by atoms with Crippen LogP contribution in [-0.2, 0) is 10.9 Å². The van der Waals surface area contributed by atoms with Gasteiger partial charge in [0.2, 0.25) is 0 Å². The molecule has 5 rings (SSSR count). The summed E-state index contributed by atoms with van der Waals surface area (Å²) in [4.78, 5) is 24.6. The van der Waals surface area contributed by atoms with E-state index in [-0.39, 0.29) is 11.6 Å². The molecule has 1 saturated carbocycles. The van der Waals surface area contributed by atoms with Gasteiger partial charge >= 0.3 is 6.18 Å². The Balaban J connectivity index is 1.60. The Morgan fingerprint density at radius 3 is 2.56 bits per heavy atom. The van der Waals surface area contributed by atoms with E-state index in [2.05, 4.69) is 15.3 Å². The van der Waals surface area contributed by atoms with Crippen LogP contribution in [-0.4, -0.2) is 40.8 Å². The topological polar surface area (TPSA) is 72.3 Å².